The first-order valence-electron chi connectivity index (χ1n) is 7.60. The van der Waals surface area contributed by atoms with Crippen molar-refractivity contribution in [3.8, 4) is 16.9 Å². The van der Waals surface area contributed by atoms with E-state index in [0.29, 0.717) is 0 Å². The monoisotopic (exact) mass is 297 g/mol. The van der Waals surface area contributed by atoms with Gasteiger partial charge in [0.25, 0.3) is 0 Å². The maximum atomic E-state index is 11.1. The summed E-state index contributed by atoms with van der Waals surface area (Å²) in [5.74, 6) is 0.868. The van der Waals surface area contributed by atoms with Gasteiger partial charge in [-0.15, -0.1) is 0 Å². The molecular formula is C19H23NO2. The molecule has 2 rings (SSSR count). The van der Waals surface area contributed by atoms with Crippen molar-refractivity contribution in [2.24, 2.45) is 0 Å². The standard InChI is InChI=1S/C19H23NO2/c1-13(2)22-19-8-6-5-7-18(19)17-11-9-16(10-12-17)14(3)20-15(4)21/h5-14H,1-4H3,(H,20,21). The molecule has 0 saturated heterocycles. The Morgan fingerprint density at radius 2 is 1.64 bits per heavy atom. The Morgan fingerprint density at radius 1 is 1.00 bits per heavy atom. The summed E-state index contributed by atoms with van der Waals surface area (Å²) >= 11 is 0. The van der Waals surface area contributed by atoms with Gasteiger partial charge < -0.3 is 10.1 Å². The molecule has 0 spiro atoms. The number of ether oxygens (including phenoxy) is 1. The second-order valence-electron chi connectivity index (χ2n) is 5.71. The highest BCUT2D eigenvalue weighted by Crippen LogP contribution is 2.31. The summed E-state index contributed by atoms with van der Waals surface area (Å²) in [5.41, 5.74) is 3.27. The third kappa shape index (κ3) is 4.10. The van der Waals surface area contributed by atoms with Crippen molar-refractivity contribution in [1.82, 2.24) is 5.32 Å². The fourth-order valence-electron chi connectivity index (χ4n) is 2.40. The van der Waals surface area contributed by atoms with Crippen LogP contribution in [0.15, 0.2) is 48.5 Å². The Morgan fingerprint density at radius 3 is 2.23 bits per heavy atom. The van der Waals surface area contributed by atoms with Crippen molar-refractivity contribution in [2.75, 3.05) is 0 Å². The van der Waals surface area contributed by atoms with Gasteiger partial charge >= 0.3 is 0 Å². The molecule has 3 heteroatoms. The molecule has 0 aliphatic heterocycles. The van der Waals surface area contributed by atoms with Gasteiger partial charge in [0.05, 0.1) is 12.1 Å². The van der Waals surface area contributed by atoms with E-state index in [1.165, 1.54) is 6.92 Å². The van der Waals surface area contributed by atoms with E-state index in [4.69, 9.17) is 4.74 Å². The fourth-order valence-corrected chi connectivity index (χ4v) is 2.40. The van der Waals surface area contributed by atoms with Crippen LogP contribution in [0.3, 0.4) is 0 Å². The van der Waals surface area contributed by atoms with E-state index < -0.39 is 0 Å². The molecule has 3 nitrogen and oxygen atoms in total. The van der Waals surface area contributed by atoms with Gasteiger partial charge in [0.2, 0.25) is 5.91 Å². The number of nitrogens with one attached hydrogen (secondary N) is 1. The zero-order valence-electron chi connectivity index (χ0n) is 13.6. The van der Waals surface area contributed by atoms with E-state index in [9.17, 15) is 4.79 Å². The minimum absolute atomic E-state index is 0.00806. The smallest absolute Gasteiger partial charge is 0.217 e. The van der Waals surface area contributed by atoms with E-state index in [0.717, 1.165) is 22.4 Å². The molecular weight excluding hydrogens is 274 g/mol. The van der Waals surface area contributed by atoms with Crippen LogP contribution in [0.25, 0.3) is 11.1 Å². The van der Waals surface area contributed by atoms with E-state index in [-0.39, 0.29) is 18.1 Å². The van der Waals surface area contributed by atoms with Crippen molar-refractivity contribution < 1.29 is 9.53 Å². The highest BCUT2D eigenvalue weighted by Gasteiger charge is 2.09. The third-order valence-corrected chi connectivity index (χ3v) is 3.39. The maximum Gasteiger partial charge on any atom is 0.217 e. The number of amides is 1. The molecule has 0 aliphatic carbocycles. The predicted molar refractivity (Wildman–Crippen MR) is 89.9 cm³/mol. The molecule has 1 amide bonds. The van der Waals surface area contributed by atoms with Crippen LogP contribution in [0.2, 0.25) is 0 Å². The maximum absolute atomic E-state index is 11.1. The highest BCUT2D eigenvalue weighted by molar-refractivity contribution is 5.74. The first-order chi connectivity index (χ1) is 10.5. The molecule has 0 saturated carbocycles. The zero-order chi connectivity index (χ0) is 16.1. The first-order valence-corrected chi connectivity index (χ1v) is 7.60. The summed E-state index contributed by atoms with van der Waals surface area (Å²) in [5, 5.41) is 2.89. The van der Waals surface area contributed by atoms with Gasteiger partial charge in [-0.05, 0) is 38.0 Å². The summed E-state index contributed by atoms with van der Waals surface area (Å²) in [4.78, 5) is 11.1. The van der Waals surface area contributed by atoms with Crippen molar-refractivity contribution in [2.45, 2.75) is 39.8 Å². The first kappa shape index (κ1) is 16.1. The average Bonchev–Trinajstić information content (AvgIpc) is 2.47. The molecule has 1 atom stereocenters. The molecule has 2 aromatic carbocycles. The normalized spacial score (nSPS) is 12.0. The van der Waals surface area contributed by atoms with Crippen LogP contribution in [-0.4, -0.2) is 12.0 Å². The lowest BCUT2D eigenvalue weighted by Gasteiger charge is -2.16. The molecule has 0 aliphatic rings. The largest absolute Gasteiger partial charge is 0.490 e. The quantitative estimate of drug-likeness (QED) is 0.891. The van der Waals surface area contributed by atoms with E-state index in [2.05, 4.69) is 23.5 Å². The summed E-state index contributed by atoms with van der Waals surface area (Å²) in [6.45, 7) is 7.56. The summed E-state index contributed by atoms with van der Waals surface area (Å²) in [6, 6.07) is 16.3. The van der Waals surface area contributed by atoms with Gasteiger partial charge in [-0.25, -0.2) is 0 Å². The van der Waals surface area contributed by atoms with Gasteiger partial charge in [0.15, 0.2) is 0 Å². The van der Waals surface area contributed by atoms with Gasteiger partial charge in [-0.3, -0.25) is 4.79 Å². The molecule has 0 radical (unpaired) electrons. The highest BCUT2D eigenvalue weighted by atomic mass is 16.5. The van der Waals surface area contributed by atoms with Gasteiger partial charge in [-0.1, -0.05) is 42.5 Å². The number of carbonyl (C=O) groups is 1. The molecule has 1 unspecified atom stereocenters. The van der Waals surface area contributed by atoms with Crippen LogP contribution in [0.5, 0.6) is 5.75 Å². The lowest BCUT2D eigenvalue weighted by Crippen LogP contribution is -2.23. The summed E-state index contributed by atoms with van der Waals surface area (Å²) in [7, 11) is 0. The molecule has 0 heterocycles. The second kappa shape index (κ2) is 7.12. The number of hydrogen-bond donors (Lipinski definition) is 1. The predicted octanol–water partition coefficient (Wildman–Crippen LogP) is 4.34. The SMILES string of the molecule is CC(=O)NC(C)c1ccc(-c2ccccc2OC(C)C)cc1. The molecule has 1 N–H and O–H groups in total. The second-order valence-corrected chi connectivity index (χ2v) is 5.71. The molecule has 2 aromatic rings. The number of carbonyl (C=O) groups excluding carboxylic acids is 1. The van der Waals surface area contributed by atoms with Crippen LogP contribution in [0, 0.1) is 0 Å². The van der Waals surface area contributed by atoms with Gasteiger partial charge in [0, 0.05) is 12.5 Å². The molecule has 0 bridgehead atoms. The van der Waals surface area contributed by atoms with Crippen LogP contribution >= 0.6 is 0 Å². The Kier molecular flexibility index (Phi) is 5.21. The zero-order valence-corrected chi connectivity index (χ0v) is 13.6. The summed E-state index contributed by atoms with van der Waals surface area (Å²) in [6.07, 6.45) is 0.139. The number of para-hydroxylation sites is 1. The van der Waals surface area contributed by atoms with Crippen molar-refractivity contribution in [3.63, 3.8) is 0 Å². The number of rotatable bonds is 5. The van der Waals surface area contributed by atoms with Crippen LogP contribution in [0.1, 0.15) is 39.3 Å². The van der Waals surface area contributed by atoms with Crippen molar-refractivity contribution >= 4 is 5.91 Å². The summed E-state index contributed by atoms with van der Waals surface area (Å²) < 4.78 is 5.87. The minimum atomic E-state index is -0.0211. The molecule has 22 heavy (non-hydrogen) atoms. The Balaban J connectivity index is 2.26. The molecule has 116 valence electrons. The minimum Gasteiger partial charge on any atom is -0.490 e. The van der Waals surface area contributed by atoms with Gasteiger partial charge in [-0.2, -0.15) is 0 Å². The Bertz CT molecular complexity index is 632. The molecule has 0 fully saturated rings. The van der Waals surface area contributed by atoms with E-state index in [1.807, 2.05) is 51.1 Å². The average molecular weight is 297 g/mol. The Hall–Kier alpha value is -2.29. The topological polar surface area (TPSA) is 38.3 Å². The molecule has 0 aromatic heterocycles. The Labute approximate surface area is 132 Å². The lowest BCUT2D eigenvalue weighted by molar-refractivity contribution is -0.119. The third-order valence-electron chi connectivity index (χ3n) is 3.39. The fraction of sp³-hybridized carbons (Fsp3) is 0.316. The van der Waals surface area contributed by atoms with Crippen molar-refractivity contribution in [3.05, 3.63) is 54.1 Å². The van der Waals surface area contributed by atoms with Crippen LogP contribution in [-0.2, 0) is 4.79 Å². The number of hydrogen-bond acceptors (Lipinski definition) is 2. The van der Waals surface area contributed by atoms with E-state index >= 15 is 0 Å². The van der Waals surface area contributed by atoms with E-state index in [1.54, 1.807) is 0 Å². The van der Waals surface area contributed by atoms with Crippen LogP contribution in [0.4, 0.5) is 0 Å². The van der Waals surface area contributed by atoms with Crippen LogP contribution < -0.4 is 10.1 Å². The van der Waals surface area contributed by atoms with Crippen molar-refractivity contribution in [1.29, 1.82) is 0 Å². The number of benzene rings is 2. The van der Waals surface area contributed by atoms with Gasteiger partial charge in [0.1, 0.15) is 5.75 Å². The lowest BCUT2D eigenvalue weighted by atomic mass is 10.0.